The highest BCUT2D eigenvalue weighted by molar-refractivity contribution is 6.01. The van der Waals surface area contributed by atoms with Gasteiger partial charge in [-0.1, -0.05) is 30.3 Å². The molecule has 0 saturated heterocycles. The normalized spacial score (nSPS) is 21.5. The highest BCUT2D eigenvalue weighted by Crippen LogP contribution is 2.42. The molecule has 0 bridgehead atoms. The number of pyridine rings is 1. The third-order valence-electron chi connectivity index (χ3n) is 9.05. The maximum atomic E-state index is 13.5. The summed E-state index contributed by atoms with van der Waals surface area (Å²) in [6.07, 6.45) is 9.64. The molecule has 0 spiro atoms. The Kier molecular flexibility index (Phi) is 7.32. The Morgan fingerprint density at radius 2 is 1.93 bits per heavy atom. The van der Waals surface area contributed by atoms with Crippen molar-refractivity contribution in [1.82, 2.24) is 29.5 Å². The van der Waals surface area contributed by atoms with Gasteiger partial charge in [0.05, 0.1) is 24.0 Å². The molecule has 4 aromatic heterocycles. The van der Waals surface area contributed by atoms with Crippen molar-refractivity contribution in [3.8, 4) is 11.3 Å². The lowest BCUT2D eigenvalue weighted by Crippen LogP contribution is -2.51. The maximum absolute atomic E-state index is 13.5. The number of fused-ring (bicyclic) bond motifs is 2. The van der Waals surface area contributed by atoms with Gasteiger partial charge in [0.1, 0.15) is 17.0 Å². The van der Waals surface area contributed by atoms with Gasteiger partial charge in [-0.2, -0.15) is 9.61 Å². The van der Waals surface area contributed by atoms with Crippen LogP contribution < -0.4 is 10.2 Å². The fourth-order valence-corrected chi connectivity index (χ4v) is 6.48. The zero-order chi connectivity index (χ0) is 29.5. The second-order valence-electron chi connectivity index (χ2n) is 11.8. The lowest BCUT2D eigenvalue weighted by Gasteiger charge is -2.36. The molecular formula is C33H37N7O3. The fraction of sp³-hybridized carbons (Fsp3) is 0.394. The molecule has 222 valence electrons. The summed E-state index contributed by atoms with van der Waals surface area (Å²) in [4.78, 5) is 25.6. The Hall–Kier alpha value is -4.28. The van der Waals surface area contributed by atoms with Crippen LogP contribution in [0.5, 0.6) is 0 Å². The molecule has 10 heteroatoms. The van der Waals surface area contributed by atoms with Crippen molar-refractivity contribution in [2.45, 2.75) is 50.4 Å². The molecule has 2 fully saturated rings. The van der Waals surface area contributed by atoms with E-state index in [9.17, 15) is 4.79 Å². The monoisotopic (exact) mass is 579 g/mol. The number of carbonyl (C=O) groups excluding carboxylic acids is 1. The highest BCUT2D eigenvalue weighted by Gasteiger charge is 2.34. The number of ether oxygens (including phenoxy) is 2. The van der Waals surface area contributed by atoms with Crippen LogP contribution in [0.1, 0.15) is 47.6 Å². The van der Waals surface area contributed by atoms with Crippen LogP contribution >= 0.6 is 0 Å². The van der Waals surface area contributed by atoms with Crippen LogP contribution in [-0.4, -0.2) is 70.1 Å². The van der Waals surface area contributed by atoms with Crippen molar-refractivity contribution < 1.29 is 14.3 Å². The zero-order valence-corrected chi connectivity index (χ0v) is 24.8. The molecule has 10 nitrogen and oxygen atoms in total. The number of rotatable bonds is 10. The Labute approximate surface area is 250 Å². The Morgan fingerprint density at radius 3 is 2.67 bits per heavy atom. The lowest BCUT2D eigenvalue weighted by molar-refractivity contribution is 0.00732. The highest BCUT2D eigenvalue weighted by atomic mass is 16.5. The summed E-state index contributed by atoms with van der Waals surface area (Å²) in [5, 5.41) is 8.84. The van der Waals surface area contributed by atoms with E-state index in [2.05, 4.69) is 50.3 Å². The number of carbonyl (C=O) groups is 1. The third kappa shape index (κ3) is 5.04. The largest absolute Gasteiger partial charge is 0.384 e. The first-order valence-corrected chi connectivity index (χ1v) is 15.0. The van der Waals surface area contributed by atoms with E-state index in [1.54, 1.807) is 24.9 Å². The molecule has 0 radical (unpaired) electrons. The van der Waals surface area contributed by atoms with Gasteiger partial charge in [-0.25, -0.2) is 9.97 Å². The van der Waals surface area contributed by atoms with Gasteiger partial charge >= 0.3 is 0 Å². The molecule has 1 unspecified atom stereocenters. The van der Waals surface area contributed by atoms with E-state index in [1.807, 2.05) is 37.5 Å². The molecule has 2 atom stereocenters. The van der Waals surface area contributed by atoms with Crippen LogP contribution in [0.15, 0.2) is 67.1 Å². The number of benzene rings is 1. The first-order valence-electron chi connectivity index (χ1n) is 15.0. The van der Waals surface area contributed by atoms with Crippen LogP contribution in [-0.2, 0) is 16.0 Å². The Balaban J connectivity index is 1.32. The standard InChI is InChI=1S/C33H37N7O3/c1-38(18-21-8-5-4-6-9-21)30-16-28(36-32-25(17-35-40(30)32)33(41)37-27-11-12-29(27)43-3)26-19-39(23-14-22(15-23)20-42-2)31-24(26)10-7-13-34-31/h4-10,13,16-17,19,22-23,27,29H,11-12,14-15,18,20H2,1-3H3,(H,37,41)/t22?,23?,27?,29-/m0/s1. The quantitative estimate of drug-likeness (QED) is 0.252. The van der Waals surface area contributed by atoms with Crippen LogP contribution in [0.3, 0.4) is 0 Å². The van der Waals surface area contributed by atoms with Crippen LogP contribution in [0.2, 0.25) is 0 Å². The molecular weight excluding hydrogens is 542 g/mol. The first-order chi connectivity index (χ1) is 21.0. The third-order valence-corrected chi connectivity index (χ3v) is 9.05. The number of amides is 1. The van der Waals surface area contributed by atoms with Gasteiger partial charge in [0.25, 0.3) is 5.91 Å². The minimum atomic E-state index is -0.189. The van der Waals surface area contributed by atoms with Gasteiger partial charge in [0.15, 0.2) is 5.65 Å². The molecule has 1 amide bonds. The van der Waals surface area contributed by atoms with Crippen LogP contribution in [0.25, 0.3) is 27.9 Å². The van der Waals surface area contributed by atoms with Crippen molar-refractivity contribution in [1.29, 1.82) is 0 Å². The maximum Gasteiger partial charge on any atom is 0.257 e. The predicted octanol–water partition coefficient (Wildman–Crippen LogP) is 4.89. The summed E-state index contributed by atoms with van der Waals surface area (Å²) in [6.45, 7) is 1.45. The van der Waals surface area contributed by atoms with Gasteiger partial charge in [0, 0.05) is 69.9 Å². The lowest BCUT2D eigenvalue weighted by atomic mass is 9.80. The van der Waals surface area contributed by atoms with Crippen molar-refractivity contribution in [2.24, 2.45) is 5.92 Å². The molecule has 1 aromatic carbocycles. The molecule has 43 heavy (non-hydrogen) atoms. The molecule has 5 aromatic rings. The van der Waals surface area contributed by atoms with Gasteiger partial charge in [0.2, 0.25) is 0 Å². The van der Waals surface area contributed by atoms with Crippen LogP contribution in [0.4, 0.5) is 5.82 Å². The van der Waals surface area contributed by atoms with E-state index in [0.29, 0.717) is 29.7 Å². The van der Waals surface area contributed by atoms with E-state index in [-0.39, 0.29) is 18.1 Å². The minimum Gasteiger partial charge on any atom is -0.384 e. The second-order valence-corrected chi connectivity index (χ2v) is 11.8. The molecule has 4 heterocycles. The Bertz CT molecular complexity index is 1760. The summed E-state index contributed by atoms with van der Waals surface area (Å²) in [6, 6.07) is 16.8. The summed E-state index contributed by atoms with van der Waals surface area (Å²) < 4.78 is 15.0. The van der Waals surface area contributed by atoms with Crippen molar-refractivity contribution in [2.75, 3.05) is 32.8 Å². The van der Waals surface area contributed by atoms with Gasteiger partial charge in [-0.3, -0.25) is 4.79 Å². The Morgan fingerprint density at radius 1 is 1.09 bits per heavy atom. The van der Waals surface area contributed by atoms with Crippen LogP contribution in [0, 0.1) is 5.92 Å². The summed E-state index contributed by atoms with van der Waals surface area (Å²) in [5.74, 6) is 1.22. The number of nitrogens with one attached hydrogen (secondary N) is 1. The predicted molar refractivity (Wildman–Crippen MR) is 165 cm³/mol. The number of anilines is 1. The van der Waals surface area contributed by atoms with Gasteiger partial charge in [-0.05, 0) is 49.3 Å². The molecule has 1 N–H and O–H groups in total. The van der Waals surface area contributed by atoms with Crippen molar-refractivity contribution in [3.05, 3.63) is 78.2 Å². The first kappa shape index (κ1) is 27.5. The number of hydrogen-bond donors (Lipinski definition) is 1. The second kappa shape index (κ2) is 11.4. The topological polar surface area (TPSA) is 98.8 Å². The molecule has 2 saturated carbocycles. The summed E-state index contributed by atoms with van der Waals surface area (Å²) in [5.41, 5.74) is 4.85. The SMILES string of the molecule is COCC1CC(n2cc(-c3cc(N(C)Cc4ccccc4)n4ncc(C(=O)NC5CC[C@@H]5OC)c4n3)c3cccnc32)C1. The number of hydrogen-bond acceptors (Lipinski definition) is 7. The van der Waals surface area contributed by atoms with E-state index < -0.39 is 0 Å². The molecule has 2 aliphatic rings. The number of nitrogens with zero attached hydrogens (tertiary/aromatic N) is 6. The average molecular weight is 580 g/mol. The van der Waals surface area contributed by atoms with Gasteiger partial charge < -0.3 is 24.3 Å². The van der Waals surface area contributed by atoms with E-state index in [0.717, 1.165) is 60.4 Å². The number of aromatic nitrogens is 5. The summed E-state index contributed by atoms with van der Waals surface area (Å²) in [7, 11) is 5.49. The average Bonchev–Trinajstić information content (AvgIpc) is 3.59. The molecule has 2 aliphatic carbocycles. The minimum absolute atomic E-state index is 0.00989. The molecule has 0 aliphatic heterocycles. The molecule has 7 rings (SSSR count). The smallest absolute Gasteiger partial charge is 0.257 e. The number of methoxy groups -OCH3 is 2. The van der Waals surface area contributed by atoms with E-state index in [4.69, 9.17) is 19.4 Å². The van der Waals surface area contributed by atoms with Gasteiger partial charge in [-0.15, -0.1) is 0 Å². The van der Waals surface area contributed by atoms with E-state index >= 15 is 0 Å². The van der Waals surface area contributed by atoms with E-state index in [1.165, 1.54) is 5.56 Å². The zero-order valence-electron chi connectivity index (χ0n) is 24.8. The van der Waals surface area contributed by atoms with Crippen molar-refractivity contribution >= 4 is 28.4 Å². The van der Waals surface area contributed by atoms with Crippen molar-refractivity contribution in [3.63, 3.8) is 0 Å². The fourth-order valence-electron chi connectivity index (χ4n) is 6.48. The summed E-state index contributed by atoms with van der Waals surface area (Å²) >= 11 is 0.